The van der Waals surface area contributed by atoms with Crippen molar-refractivity contribution < 1.29 is 14.1 Å². The molecule has 2 aliphatic heterocycles. The molecule has 1 aromatic heterocycles. The van der Waals surface area contributed by atoms with E-state index in [0.29, 0.717) is 31.6 Å². The van der Waals surface area contributed by atoms with Crippen molar-refractivity contribution in [3.8, 4) is 0 Å². The Labute approximate surface area is 151 Å². The van der Waals surface area contributed by atoms with Gasteiger partial charge >= 0.3 is 0 Å². The Hall–Kier alpha value is -2.96. The normalized spacial score (nSPS) is 20.5. The molecule has 4 rings (SSSR count). The molecule has 1 atom stereocenters. The number of rotatable bonds is 3. The smallest absolute Gasteiger partial charge is 0.276 e. The van der Waals surface area contributed by atoms with Gasteiger partial charge < -0.3 is 9.42 Å². The van der Waals surface area contributed by atoms with Crippen LogP contribution in [0.2, 0.25) is 0 Å². The Bertz CT molecular complexity index is 795. The van der Waals surface area contributed by atoms with Gasteiger partial charge in [0.2, 0.25) is 5.91 Å². The first-order valence-electron chi connectivity index (χ1n) is 8.84. The first kappa shape index (κ1) is 16.5. The molecular formula is C19H20N4O3. The maximum atomic E-state index is 13.0. The maximum Gasteiger partial charge on any atom is 0.276 e. The number of nitrogens with zero attached hydrogens (tertiary/aromatic N) is 4. The van der Waals surface area contributed by atoms with E-state index in [1.807, 2.05) is 30.3 Å². The minimum atomic E-state index is -0.147. The molecule has 134 valence electrons. The number of carbonyl (C=O) groups excluding carboxylic acids is 2. The number of hydrogen-bond donors (Lipinski definition) is 0. The summed E-state index contributed by atoms with van der Waals surface area (Å²) in [4.78, 5) is 27.0. The molecule has 2 aromatic rings. The van der Waals surface area contributed by atoms with Crippen LogP contribution in [0, 0.1) is 5.92 Å². The zero-order valence-corrected chi connectivity index (χ0v) is 14.3. The van der Waals surface area contributed by atoms with Gasteiger partial charge in [0, 0.05) is 37.7 Å². The third-order valence-corrected chi connectivity index (χ3v) is 5.03. The minimum absolute atomic E-state index is 0.0292. The SMILES string of the molecule is O=C(c1ccon1)N1CCC(C(=O)N2N=CCC2c2ccccc2)CC1. The van der Waals surface area contributed by atoms with E-state index in [1.165, 1.54) is 6.26 Å². The third-order valence-electron chi connectivity index (χ3n) is 5.03. The Morgan fingerprint density at radius 1 is 1.08 bits per heavy atom. The van der Waals surface area contributed by atoms with E-state index < -0.39 is 0 Å². The van der Waals surface area contributed by atoms with Crippen molar-refractivity contribution in [2.75, 3.05) is 13.1 Å². The summed E-state index contributed by atoms with van der Waals surface area (Å²) in [5, 5.41) is 9.63. The highest BCUT2D eigenvalue weighted by Crippen LogP contribution is 2.31. The van der Waals surface area contributed by atoms with Crippen molar-refractivity contribution in [2.45, 2.75) is 25.3 Å². The van der Waals surface area contributed by atoms with Gasteiger partial charge in [-0.25, -0.2) is 5.01 Å². The second-order valence-corrected chi connectivity index (χ2v) is 6.59. The number of benzene rings is 1. The van der Waals surface area contributed by atoms with E-state index >= 15 is 0 Å². The van der Waals surface area contributed by atoms with Crippen molar-refractivity contribution in [2.24, 2.45) is 11.0 Å². The van der Waals surface area contributed by atoms with Crippen LogP contribution in [0.4, 0.5) is 0 Å². The van der Waals surface area contributed by atoms with E-state index in [2.05, 4.69) is 10.3 Å². The quantitative estimate of drug-likeness (QED) is 0.850. The van der Waals surface area contributed by atoms with Crippen LogP contribution in [-0.2, 0) is 4.79 Å². The molecule has 0 radical (unpaired) electrons. The van der Waals surface area contributed by atoms with Crippen molar-refractivity contribution >= 4 is 18.0 Å². The lowest BCUT2D eigenvalue weighted by atomic mass is 9.94. The lowest BCUT2D eigenvalue weighted by Gasteiger charge is -2.33. The van der Waals surface area contributed by atoms with Crippen LogP contribution in [0.3, 0.4) is 0 Å². The van der Waals surface area contributed by atoms with Crippen LogP contribution in [0.1, 0.15) is 41.4 Å². The molecule has 2 aliphatic rings. The highest BCUT2D eigenvalue weighted by Gasteiger charge is 2.35. The summed E-state index contributed by atoms with van der Waals surface area (Å²) in [7, 11) is 0. The molecule has 0 bridgehead atoms. The van der Waals surface area contributed by atoms with E-state index in [9.17, 15) is 9.59 Å². The van der Waals surface area contributed by atoms with Crippen LogP contribution in [-0.4, -0.2) is 46.2 Å². The molecule has 7 heteroatoms. The summed E-state index contributed by atoms with van der Waals surface area (Å²) >= 11 is 0. The average molecular weight is 352 g/mol. The number of likely N-dealkylation sites (tertiary alicyclic amines) is 1. The zero-order valence-electron chi connectivity index (χ0n) is 14.3. The fraction of sp³-hybridized carbons (Fsp3) is 0.368. The van der Waals surface area contributed by atoms with Gasteiger partial charge in [-0.15, -0.1) is 0 Å². The number of aromatic nitrogens is 1. The largest absolute Gasteiger partial charge is 0.364 e. The number of piperidine rings is 1. The predicted octanol–water partition coefficient (Wildman–Crippen LogP) is 2.49. The fourth-order valence-corrected chi connectivity index (χ4v) is 3.58. The lowest BCUT2D eigenvalue weighted by molar-refractivity contribution is -0.138. The van der Waals surface area contributed by atoms with Gasteiger partial charge in [0.05, 0.1) is 6.04 Å². The van der Waals surface area contributed by atoms with Crippen LogP contribution >= 0.6 is 0 Å². The summed E-state index contributed by atoms with van der Waals surface area (Å²) < 4.78 is 4.73. The summed E-state index contributed by atoms with van der Waals surface area (Å²) in [6.45, 7) is 1.07. The maximum absolute atomic E-state index is 13.0. The topological polar surface area (TPSA) is 79.0 Å². The zero-order chi connectivity index (χ0) is 17.9. The Morgan fingerprint density at radius 3 is 2.54 bits per heavy atom. The van der Waals surface area contributed by atoms with Crippen molar-refractivity contribution in [3.63, 3.8) is 0 Å². The molecule has 1 saturated heterocycles. The van der Waals surface area contributed by atoms with Gasteiger partial charge in [0.15, 0.2) is 5.69 Å². The highest BCUT2D eigenvalue weighted by atomic mass is 16.5. The van der Waals surface area contributed by atoms with Gasteiger partial charge in [-0.3, -0.25) is 9.59 Å². The van der Waals surface area contributed by atoms with Crippen LogP contribution in [0.15, 0.2) is 52.3 Å². The molecule has 3 heterocycles. The van der Waals surface area contributed by atoms with E-state index in [0.717, 1.165) is 12.0 Å². The number of hydrogen-bond acceptors (Lipinski definition) is 5. The molecule has 7 nitrogen and oxygen atoms in total. The molecule has 1 aromatic carbocycles. The van der Waals surface area contributed by atoms with Crippen LogP contribution in [0.5, 0.6) is 0 Å². The Kier molecular flexibility index (Phi) is 4.51. The summed E-state index contributed by atoms with van der Waals surface area (Å²) in [5.41, 5.74) is 1.40. The molecule has 1 fully saturated rings. The van der Waals surface area contributed by atoms with Gasteiger partial charge in [-0.2, -0.15) is 5.10 Å². The molecule has 0 saturated carbocycles. The van der Waals surface area contributed by atoms with Gasteiger partial charge in [-0.1, -0.05) is 35.5 Å². The van der Waals surface area contributed by atoms with E-state index in [4.69, 9.17) is 4.52 Å². The molecular weight excluding hydrogens is 332 g/mol. The second-order valence-electron chi connectivity index (χ2n) is 6.59. The number of hydrazone groups is 1. The van der Waals surface area contributed by atoms with E-state index in [1.54, 1.807) is 22.2 Å². The monoisotopic (exact) mass is 352 g/mol. The Morgan fingerprint density at radius 2 is 1.85 bits per heavy atom. The minimum Gasteiger partial charge on any atom is -0.364 e. The number of amides is 2. The molecule has 1 unspecified atom stereocenters. The fourth-order valence-electron chi connectivity index (χ4n) is 3.58. The summed E-state index contributed by atoms with van der Waals surface area (Å²) in [6.07, 6.45) is 5.20. The number of carbonyl (C=O) groups is 2. The average Bonchev–Trinajstić information content (AvgIpc) is 3.39. The van der Waals surface area contributed by atoms with Crippen LogP contribution < -0.4 is 0 Å². The summed E-state index contributed by atoms with van der Waals surface area (Å²) in [6, 6.07) is 11.5. The summed E-state index contributed by atoms with van der Waals surface area (Å²) in [5.74, 6) is -0.218. The standard InChI is InChI=1S/C19H20N4O3/c24-18(23-17(6-10-20-23)14-4-2-1-3-5-14)15-7-11-22(12-8-15)19(25)16-9-13-26-21-16/h1-5,9-10,13,15,17H,6-8,11-12H2. The van der Waals surface area contributed by atoms with Gasteiger partial charge in [-0.05, 0) is 18.4 Å². The highest BCUT2D eigenvalue weighted by molar-refractivity contribution is 5.92. The molecule has 26 heavy (non-hydrogen) atoms. The molecule has 0 aliphatic carbocycles. The van der Waals surface area contributed by atoms with E-state index in [-0.39, 0.29) is 23.8 Å². The van der Waals surface area contributed by atoms with Crippen LogP contribution in [0.25, 0.3) is 0 Å². The predicted molar refractivity (Wildman–Crippen MR) is 94.3 cm³/mol. The second kappa shape index (κ2) is 7.11. The van der Waals surface area contributed by atoms with Gasteiger partial charge in [0.25, 0.3) is 5.91 Å². The third kappa shape index (κ3) is 3.12. The van der Waals surface area contributed by atoms with Crippen molar-refractivity contribution in [3.05, 3.63) is 53.9 Å². The Balaban J connectivity index is 1.39. The first-order valence-corrected chi connectivity index (χ1v) is 8.84. The van der Waals surface area contributed by atoms with Gasteiger partial charge in [0.1, 0.15) is 6.26 Å². The molecule has 0 spiro atoms. The van der Waals surface area contributed by atoms with Crippen molar-refractivity contribution in [1.82, 2.24) is 15.1 Å². The lowest BCUT2D eigenvalue weighted by Crippen LogP contribution is -2.43. The van der Waals surface area contributed by atoms with Crippen molar-refractivity contribution in [1.29, 1.82) is 0 Å². The first-order chi connectivity index (χ1) is 12.7. The molecule has 2 amide bonds. The molecule has 0 N–H and O–H groups in total.